The summed E-state index contributed by atoms with van der Waals surface area (Å²) in [6.45, 7) is 2.26. The number of hydrogen-bond donors (Lipinski definition) is 0. The van der Waals surface area contributed by atoms with Gasteiger partial charge in [-0.1, -0.05) is 0 Å². The molecule has 3 rings (SSSR count). The van der Waals surface area contributed by atoms with Gasteiger partial charge in [-0.2, -0.15) is 17.0 Å². The number of halogens is 1. The minimum atomic E-state index is -3.51. The Morgan fingerprint density at radius 2 is 1.87 bits per heavy atom. The van der Waals surface area contributed by atoms with E-state index in [2.05, 4.69) is 9.97 Å². The van der Waals surface area contributed by atoms with Gasteiger partial charge in [0, 0.05) is 19.6 Å². The Bertz CT molecular complexity index is 621. The molecule has 0 bridgehead atoms. The van der Waals surface area contributed by atoms with Crippen LogP contribution < -0.4 is 4.74 Å². The summed E-state index contributed by atoms with van der Waals surface area (Å²) in [5.74, 6) is -0.544. The SMILES string of the molecule is O=S(=O)(N1CCOCC1)N1CCCC(Oc2ncc(F)cn2)C1. The summed E-state index contributed by atoms with van der Waals surface area (Å²) in [6.07, 6.45) is 3.09. The first-order valence-corrected chi connectivity index (χ1v) is 8.92. The molecule has 0 aliphatic carbocycles. The van der Waals surface area contributed by atoms with Crippen LogP contribution in [0.25, 0.3) is 0 Å². The van der Waals surface area contributed by atoms with Crippen molar-refractivity contribution in [3.8, 4) is 6.01 Å². The predicted molar refractivity (Wildman–Crippen MR) is 78.5 cm³/mol. The lowest BCUT2D eigenvalue weighted by atomic mass is 10.1. The fourth-order valence-electron chi connectivity index (χ4n) is 2.66. The predicted octanol–water partition coefficient (Wildman–Crippen LogP) is 0.0359. The van der Waals surface area contributed by atoms with Crippen LogP contribution in [0.5, 0.6) is 6.01 Å². The minimum absolute atomic E-state index is 0.0574. The van der Waals surface area contributed by atoms with Crippen LogP contribution in [0, 0.1) is 5.82 Å². The lowest BCUT2D eigenvalue weighted by Crippen LogP contribution is -2.53. The van der Waals surface area contributed by atoms with E-state index in [0.717, 1.165) is 12.4 Å². The van der Waals surface area contributed by atoms with E-state index in [1.807, 2.05) is 0 Å². The quantitative estimate of drug-likeness (QED) is 0.765. The number of piperidine rings is 1. The largest absolute Gasteiger partial charge is 0.459 e. The van der Waals surface area contributed by atoms with Crippen molar-refractivity contribution >= 4 is 10.2 Å². The molecule has 0 saturated carbocycles. The normalized spacial score (nSPS) is 24.5. The van der Waals surface area contributed by atoms with Crippen LogP contribution in [0.15, 0.2) is 12.4 Å². The Kier molecular flexibility index (Phi) is 5.05. The summed E-state index contributed by atoms with van der Waals surface area (Å²) in [5, 5.41) is 0. The van der Waals surface area contributed by atoms with Crippen LogP contribution in [-0.2, 0) is 14.9 Å². The van der Waals surface area contributed by atoms with E-state index in [-0.39, 0.29) is 18.7 Å². The van der Waals surface area contributed by atoms with Gasteiger partial charge < -0.3 is 9.47 Å². The first-order valence-electron chi connectivity index (χ1n) is 7.53. The van der Waals surface area contributed by atoms with Crippen LogP contribution >= 0.6 is 0 Å². The van der Waals surface area contributed by atoms with Crippen LogP contribution in [0.4, 0.5) is 4.39 Å². The van der Waals surface area contributed by atoms with Gasteiger partial charge in [-0.25, -0.2) is 14.4 Å². The summed E-state index contributed by atoms with van der Waals surface area (Å²) in [4.78, 5) is 7.49. The zero-order chi connectivity index (χ0) is 16.3. The first kappa shape index (κ1) is 16.5. The van der Waals surface area contributed by atoms with Crippen molar-refractivity contribution in [2.75, 3.05) is 39.4 Å². The molecule has 2 aliphatic heterocycles. The number of ether oxygens (including phenoxy) is 2. The Morgan fingerprint density at radius 1 is 1.17 bits per heavy atom. The molecule has 1 unspecified atom stereocenters. The molecule has 10 heteroatoms. The monoisotopic (exact) mass is 346 g/mol. The molecule has 1 aromatic heterocycles. The number of nitrogens with zero attached hydrogens (tertiary/aromatic N) is 4. The second kappa shape index (κ2) is 7.04. The van der Waals surface area contributed by atoms with Gasteiger partial charge in [0.25, 0.3) is 10.2 Å². The minimum Gasteiger partial charge on any atom is -0.459 e. The van der Waals surface area contributed by atoms with Crippen molar-refractivity contribution < 1.29 is 22.3 Å². The van der Waals surface area contributed by atoms with Crippen molar-refractivity contribution in [1.82, 2.24) is 18.6 Å². The zero-order valence-electron chi connectivity index (χ0n) is 12.6. The molecule has 1 aromatic rings. The number of hydrogen-bond acceptors (Lipinski definition) is 6. The third-order valence-electron chi connectivity index (χ3n) is 3.83. The van der Waals surface area contributed by atoms with Crippen molar-refractivity contribution in [2.24, 2.45) is 0 Å². The lowest BCUT2D eigenvalue weighted by Gasteiger charge is -2.36. The highest BCUT2D eigenvalue weighted by atomic mass is 32.2. The molecule has 0 N–H and O–H groups in total. The smallest absolute Gasteiger partial charge is 0.316 e. The summed E-state index contributed by atoms with van der Waals surface area (Å²) in [5.41, 5.74) is 0. The Labute approximate surface area is 134 Å². The lowest BCUT2D eigenvalue weighted by molar-refractivity contribution is 0.0660. The highest BCUT2D eigenvalue weighted by Gasteiger charge is 2.35. The van der Waals surface area contributed by atoms with Crippen LogP contribution in [-0.4, -0.2) is 72.5 Å². The maximum atomic E-state index is 12.8. The first-order chi connectivity index (χ1) is 11.1. The van der Waals surface area contributed by atoms with Crippen LogP contribution in [0.2, 0.25) is 0 Å². The molecule has 128 valence electrons. The molecule has 2 aliphatic rings. The van der Waals surface area contributed by atoms with E-state index in [1.54, 1.807) is 0 Å². The van der Waals surface area contributed by atoms with E-state index >= 15 is 0 Å². The average Bonchev–Trinajstić information content (AvgIpc) is 2.58. The fraction of sp³-hybridized carbons (Fsp3) is 0.692. The topological polar surface area (TPSA) is 84.9 Å². The van der Waals surface area contributed by atoms with E-state index in [4.69, 9.17) is 9.47 Å². The molecule has 2 fully saturated rings. The van der Waals surface area contributed by atoms with E-state index in [9.17, 15) is 12.8 Å². The van der Waals surface area contributed by atoms with Gasteiger partial charge in [-0.15, -0.1) is 0 Å². The van der Waals surface area contributed by atoms with Crippen molar-refractivity contribution in [3.63, 3.8) is 0 Å². The van der Waals surface area contributed by atoms with Crippen molar-refractivity contribution in [2.45, 2.75) is 18.9 Å². The molecule has 8 nitrogen and oxygen atoms in total. The summed E-state index contributed by atoms with van der Waals surface area (Å²) >= 11 is 0. The fourth-order valence-corrected chi connectivity index (χ4v) is 4.31. The standard InChI is InChI=1S/C13H19FN4O4S/c14-11-8-15-13(16-9-11)22-12-2-1-3-18(10-12)23(19,20)17-4-6-21-7-5-17/h8-9,12H,1-7,10H2. The van der Waals surface area contributed by atoms with Crippen LogP contribution in [0.1, 0.15) is 12.8 Å². The average molecular weight is 346 g/mol. The Hall–Kier alpha value is -1.36. The van der Waals surface area contributed by atoms with Gasteiger partial charge in [-0.05, 0) is 12.8 Å². The number of rotatable bonds is 4. The molecule has 0 spiro atoms. The molecule has 23 heavy (non-hydrogen) atoms. The highest BCUT2D eigenvalue weighted by Crippen LogP contribution is 2.20. The maximum Gasteiger partial charge on any atom is 0.316 e. The molecule has 1 atom stereocenters. The molecular weight excluding hydrogens is 327 g/mol. The molecule has 2 saturated heterocycles. The van der Waals surface area contributed by atoms with Gasteiger partial charge in [0.05, 0.1) is 32.2 Å². The second-order valence-corrected chi connectivity index (χ2v) is 7.37. The third-order valence-corrected chi connectivity index (χ3v) is 5.83. The summed E-state index contributed by atoms with van der Waals surface area (Å²) in [7, 11) is -3.51. The van der Waals surface area contributed by atoms with Gasteiger partial charge in [0.2, 0.25) is 0 Å². The molecular formula is C13H19FN4O4S. The third kappa shape index (κ3) is 3.94. The Morgan fingerprint density at radius 3 is 2.57 bits per heavy atom. The molecule has 0 aromatic carbocycles. The van der Waals surface area contributed by atoms with E-state index in [1.165, 1.54) is 8.61 Å². The number of morpholine rings is 1. The van der Waals surface area contributed by atoms with E-state index in [0.29, 0.717) is 45.7 Å². The van der Waals surface area contributed by atoms with Gasteiger partial charge in [0.1, 0.15) is 6.10 Å². The van der Waals surface area contributed by atoms with E-state index < -0.39 is 16.0 Å². The highest BCUT2D eigenvalue weighted by molar-refractivity contribution is 7.86. The zero-order valence-corrected chi connectivity index (χ0v) is 13.4. The van der Waals surface area contributed by atoms with Gasteiger partial charge in [0.15, 0.2) is 5.82 Å². The van der Waals surface area contributed by atoms with Crippen LogP contribution in [0.3, 0.4) is 0 Å². The molecule has 3 heterocycles. The van der Waals surface area contributed by atoms with Crippen molar-refractivity contribution in [1.29, 1.82) is 0 Å². The van der Waals surface area contributed by atoms with Gasteiger partial charge >= 0.3 is 6.01 Å². The summed E-state index contributed by atoms with van der Waals surface area (Å²) in [6, 6.07) is 0.0574. The number of aromatic nitrogens is 2. The Balaban J connectivity index is 1.64. The molecule has 0 amide bonds. The molecule has 0 radical (unpaired) electrons. The van der Waals surface area contributed by atoms with Crippen molar-refractivity contribution in [3.05, 3.63) is 18.2 Å². The summed E-state index contributed by atoms with van der Waals surface area (Å²) < 4.78 is 51.7. The maximum absolute atomic E-state index is 12.8. The van der Waals surface area contributed by atoms with Gasteiger partial charge in [-0.3, -0.25) is 0 Å². The second-order valence-electron chi connectivity index (χ2n) is 5.44.